The van der Waals surface area contributed by atoms with Crippen molar-refractivity contribution in [2.45, 2.75) is 57.5 Å². The minimum Gasteiger partial charge on any atom is -0.414 e. The van der Waals surface area contributed by atoms with E-state index in [1.807, 2.05) is 36.4 Å². The van der Waals surface area contributed by atoms with Crippen LogP contribution in [-0.2, 0) is 4.79 Å². The Morgan fingerprint density at radius 3 is 2.28 bits per heavy atom. The third kappa shape index (κ3) is 7.14. The third-order valence-electron chi connectivity index (χ3n) is 7.79. The smallest absolute Gasteiger partial charge is 0.286 e. The zero-order chi connectivity index (χ0) is 30.3. The Morgan fingerprint density at radius 1 is 0.860 bits per heavy atom. The number of benzene rings is 3. The van der Waals surface area contributed by atoms with Gasteiger partial charge >= 0.3 is 0 Å². The van der Waals surface area contributed by atoms with Gasteiger partial charge in [-0.15, -0.1) is 10.2 Å². The molecule has 1 fully saturated rings. The Bertz CT molecular complexity index is 1600. The Balaban J connectivity index is 1.33. The first-order valence-corrected chi connectivity index (χ1v) is 15.2. The van der Waals surface area contributed by atoms with Crippen LogP contribution in [0, 0.1) is 5.92 Å². The van der Waals surface area contributed by atoms with Crippen molar-refractivity contribution in [3.8, 4) is 22.6 Å². The number of nitrogens with one attached hydrogen (secondary N) is 2. The second-order valence-corrected chi connectivity index (χ2v) is 11.5. The zero-order valence-electron chi connectivity index (χ0n) is 23.7. The van der Waals surface area contributed by atoms with Gasteiger partial charge in [-0.2, -0.15) is 0 Å². The molecule has 1 saturated carbocycles. The molecule has 2 amide bonds. The SMILES string of the molecule is CC[C@H](NC(=O)[C@@H](NC(=O)c1ccc(-c2ccccc2Cl)cc1Cl)C1CCCCC1)C(=O)c1nnc(-c2ccccc2)o1. The highest BCUT2D eigenvalue weighted by atomic mass is 35.5. The van der Waals surface area contributed by atoms with Crippen LogP contribution in [0.15, 0.2) is 77.2 Å². The number of ketones is 1. The van der Waals surface area contributed by atoms with Gasteiger partial charge in [0.2, 0.25) is 17.6 Å². The van der Waals surface area contributed by atoms with Crippen LogP contribution in [0.25, 0.3) is 22.6 Å². The van der Waals surface area contributed by atoms with Gasteiger partial charge in [-0.3, -0.25) is 14.4 Å². The molecular weight excluding hydrogens is 587 g/mol. The number of hydrogen-bond donors (Lipinski definition) is 2. The number of carbonyl (C=O) groups excluding carboxylic acids is 3. The summed E-state index contributed by atoms with van der Waals surface area (Å²) in [7, 11) is 0. The van der Waals surface area contributed by atoms with Crippen molar-refractivity contribution in [1.82, 2.24) is 20.8 Å². The summed E-state index contributed by atoms with van der Waals surface area (Å²) >= 11 is 12.9. The molecule has 10 heteroatoms. The lowest BCUT2D eigenvalue weighted by molar-refractivity contribution is -0.125. The van der Waals surface area contributed by atoms with E-state index < -0.39 is 29.7 Å². The Hall–Kier alpha value is -4.01. The standard InChI is InChI=1S/C33H32Cl2N4O4/c1-2-27(29(40)33-39-38-32(43-33)21-13-7-4-8-14-21)36-31(42)28(20-11-5-3-6-12-20)37-30(41)24-18-17-22(19-26(24)35)23-15-9-10-16-25(23)34/h4,7-10,13-20,27-28H,2-3,5-6,11-12H2,1H3,(H,36,42)(H,37,41)/t27-,28-/m0/s1. The molecule has 4 aromatic rings. The van der Waals surface area contributed by atoms with Crippen molar-refractivity contribution in [2.24, 2.45) is 5.92 Å². The van der Waals surface area contributed by atoms with Crippen LogP contribution in [0.4, 0.5) is 0 Å². The highest BCUT2D eigenvalue weighted by Gasteiger charge is 2.34. The Morgan fingerprint density at radius 2 is 1.58 bits per heavy atom. The third-order valence-corrected chi connectivity index (χ3v) is 8.43. The summed E-state index contributed by atoms with van der Waals surface area (Å²) in [6, 6.07) is 19.8. The Labute approximate surface area is 260 Å². The van der Waals surface area contributed by atoms with Gasteiger partial charge in [0.15, 0.2) is 0 Å². The van der Waals surface area contributed by atoms with E-state index in [9.17, 15) is 14.4 Å². The normalized spacial score (nSPS) is 15.0. The quantitative estimate of drug-likeness (QED) is 0.182. The molecule has 0 aliphatic heterocycles. The molecule has 1 heterocycles. The summed E-state index contributed by atoms with van der Waals surface area (Å²) in [5, 5.41) is 14.5. The van der Waals surface area contributed by atoms with Crippen LogP contribution in [-0.4, -0.2) is 39.9 Å². The molecule has 5 rings (SSSR count). The predicted molar refractivity (Wildman–Crippen MR) is 166 cm³/mol. The number of carbonyl (C=O) groups is 3. The van der Waals surface area contributed by atoms with E-state index in [2.05, 4.69) is 20.8 Å². The highest BCUT2D eigenvalue weighted by Crippen LogP contribution is 2.32. The number of Topliss-reactive ketones (excluding diaryl/α,β-unsaturated/α-hetero) is 1. The number of halogens is 2. The summed E-state index contributed by atoms with van der Waals surface area (Å²) in [6.07, 6.45) is 4.86. The molecule has 1 aromatic heterocycles. The molecular formula is C33H32Cl2N4O4. The lowest BCUT2D eigenvalue weighted by atomic mass is 9.83. The van der Waals surface area contributed by atoms with Gasteiger partial charge in [-0.1, -0.05) is 91.9 Å². The summed E-state index contributed by atoms with van der Waals surface area (Å²) in [5.41, 5.74) is 2.50. The van der Waals surface area contributed by atoms with Crippen LogP contribution in [0.2, 0.25) is 10.0 Å². The number of hydrogen-bond acceptors (Lipinski definition) is 6. The first kappa shape index (κ1) is 30.4. The molecule has 43 heavy (non-hydrogen) atoms. The molecule has 0 radical (unpaired) electrons. The van der Waals surface area contributed by atoms with Crippen LogP contribution < -0.4 is 10.6 Å². The van der Waals surface area contributed by atoms with E-state index in [1.165, 1.54) is 0 Å². The maximum absolute atomic E-state index is 13.7. The fourth-order valence-corrected chi connectivity index (χ4v) is 5.94. The largest absolute Gasteiger partial charge is 0.414 e. The number of aromatic nitrogens is 2. The molecule has 8 nitrogen and oxygen atoms in total. The molecule has 0 unspecified atom stereocenters. The van der Waals surface area contributed by atoms with Crippen molar-refractivity contribution in [2.75, 3.05) is 0 Å². The van der Waals surface area contributed by atoms with E-state index in [1.54, 1.807) is 43.3 Å². The Kier molecular flexibility index (Phi) is 9.89. The average molecular weight is 620 g/mol. The summed E-state index contributed by atoms with van der Waals surface area (Å²) in [6.45, 7) is 1.78. The highest BCUT2D eigenvalue weighted by molar-refractivity contribution is 6.35. The van der Waals surface area contributed by atoms with Crippen LogP contribution in [0.1, 0.15) is 66.5 Å². The average Bonchev–Trinajstić information content (AvgIpc) is 3.53. The van der Waals surface area contributed by atoms with Crippen molar-refractivity contribution in [1.29, 1.82) is 0 Å². The monoisotopic (exact) mass is 618 g/mol. The van der Waals surface area contributed by atoms with Crippen molar-refractivity contribution in [3.63, 3.8) is 0 Å². The molecule has 0 saturated heterocycles. The molecule has 0 spiro atoms. The van der Waals surface area contributed by atoms with Gasteiger partial charge in [0.05, 0.1) is 16.6 Å². The second-order valence-electron chi connectivity index (χ2n) is 10.6. The topological polar surface area (TPSA) is 114 Å². The molecule has 2 N–H and O–H groups in total. The van der Waals surface area contributed by atoms with Crippen LogP contribution in [0.5, 0.6) is 0 Å². The first-order valence-electron chi connectivity index (χ1n) is 14.4. The van der Waals surface area contributed by atoms with Crippen molar-refractivity contribution in [3.05, 3.63) is 94.3 Å². The van der Waals surface area contributed by atoms with Gasteiger partial charge < -0.3 is 15.1 Å². The first-order chi connectivity index (χ1) is 20.9. The lowest BCUT2D eigenvalue weighted by Gasteiger charge is -2.31. The molecule has 222 valence electrons. The van der Waals surface area contributed by atoms with Gasteiger partial charge in [-0.05, 0) is 61.1 Å². The maximum atomic E-state index is 13.7. The van der Waals surface area contributed by atoms with Crippen LogP contribution >= 0.6 is 23.2 Å². The van der Waals surface area contributed by atoms with Crippen LogP contribution in [0.3, 0.4) is 0 Å². The van der Waals surface area contributed by atoms with Gasteiger partial charge in [0, 0.05) is 16.1 Å². The van der Waals surface area contributed by atoms with Gasteiger partial charge in [0.25, 0.3) is 11.8 Å². The molecule has 0 bridgehead atoms. The van der Waals surface area contributed by atoms with Gasteiger partial charge in [0.1, 0.15) is 6.04 Å². The summed E-state index contributed by atoms with van der Waals surface area (Å²) < 4.78 is 5.64. The number of nitrogens with zero attached hydrogens (tertiary/aromatic N) is 2. The summed E-state index contributed by atoms with van der Waals surface area (Å²) in [5.74, 6) is -1.45. The minimum absolute atomic E-state index is 0.0837. The van der Waals surface area contributed by atoms with E-state index in [0.29, 0.717) is 17.0 Å². The van der Waals surface area contributed by atoms with E-state index in [-0.39, 0.29) is 28.3 Å². The number of amides is 2. The maximum Gasteiger partial charge on any atom is 0.286 e. The fourth-order valence-electron chi connectivity index (χ4n) is 5.43. The fraction of sp³-hybridized carbons (Fsp3) is 0.303. The van der Waals surface area contributed by atoms with Crippen molar-refractivity contribution < 1.29 is 18.8 Å². The predicted octanol–water partition coefficient (Wildman–Crippen LogP) is 7.17. The molecule has 1 aliphatic rings. The number of rotatable bonds is 10. The van der Waals surface area contributed by atoms with E-state index >= 15 is 0 Å². The zero-order valence-corrected chi connectivity index (χ0v) is 25.2. The van der Waals surface area contributed by atoms with E-state index in [0.717, 1.165) is 43.2 Å². The van der Waals surface area contributed by atoms with Gasteiger partial charge in [-0.25, -0.2) is 0 Å². The molecule has 1 aliphatic carbocycles. The molecule has 2 atom stereocenters. The van der Waals surface area contributed by atoms with E-state index in [4.69, 9.17) is 27.6 Å². The lowest BCUT2D eigenvalue weighted by Crippen LogP contribution is -2.54. The second kappa shape index (κ2) is 14.0. The summed E-state index contributed by atoms with van der Waals surface area (Å²) in [4.78, 5) is 40.5. The minimum atomic E-state index is -0.905. The van der Waals surface area contributed by atoms with Crippen molar-refractivity contribution >= 4 is 40.8 Å². The molecule has 3 aromatic carbocycles.